The largest absolute Gasteiger partial charge is 0.378 e. The van der Waals surface area contributed by atoms with E-state index >= 15 is 0 Å². The van der Waals surface area contributed by atoms with Gasteiger partial charge in [0.15, 0.2) is 0 Å². The number of anilines is 2. The van der Waals surface area contributed by atoms with Gasteiger partial charge in [-0.05, 0) is 50.5 Å². The Balaban J connectivity index is 1.72. The van der Waals surface area contributed by atoms with Gasteiger partial charge in [0.25, 0.3) is 0 Å². The monoisotopic (exact) mass is 286 g/mol. The van der Waals surface area contributed by atoms with Crippen molar-refractivity contribution in [2.24, 2.45) is 0 Å². The normalized spacial score (nSPS) is 15.3. The van der Waals surface area contributed by atoms with Crippen LogP contribution in [0.2, 0.25) is 0 Å². The van der Waals surface area contributed by atoms with Crippen molar-refractivity contribution in [3.8, 4) is 0 Å². The van der Waals surface area contributed by atoms with Gasteiger partial charge in [0, 0.05) is 29.4 Å². The van der Waals surface area contributed by atoms with Gasteiger partial charge in [-0.3, -0.25) is 0 Å². The minimum Gasteiger partial charge on any atom is -0.378 e. The molecule has 1 fully saturated rings. The first kappa shape index (κ1) is 13.5. The van der Waals surface area contributed by atoms with E-state index in [-0.39, 0.29) is 0 Å². The molecule has 106 valence electrons. The van der Waals surface area contributed by atoms with Gasteiger partial charge in [-0.25, -0.2) is 0 Å². The lowest BCUT2D eigenvalue weighted by Gasteiger charge is -2.30. The van der Waals surface area contributed by atoms with Crippen molar-refractivity contribution in [2.75, 3.05) is 23.3 Å². The molecule has 2 aromatic rings. The minimum absolute atomic E-state index is 0.920. The number of nitrogens with zero attached hydrogens (tertiary/aromatic N) is 1. The molecule has 1 aliphatic rings. The van der Waals surface area contributed by atoms with Crippen LogP contribution in [0.25, 0.3) is 0 Å². The second-order valence-electron chi connectivity index (χ2n) is 5.43. The van der Waals surface area contributed by atoms with Crippen LogP contribution in [0.5, 0.6) is 0 Å². The summed E-state index contributed by atoms with van der Waals surface area (Å²) in [6.45, 7) is 5.47. The fraction of sp³-hybridized carbons (Fsp3) is 0.412. The van der Waals surface area contributed by atoms with Crippen molar-refractivity contribution in [1.82, 2.24) is 0 Å². The molecule has 20 heavy (non-hydrogen) atoms. The Morgan fingerprint density at radius 1 is 1.05 bits per heavy atom. The maximum Gasteiger partial charge on any atom is 0.0602 e. The summed E-state index contributed by atoms with van der Waals surface area (Å²) in [5.41, 5.74) is 2.63. The molecule has 0 unspecified atom stereocenters. The van der Waals surface area contributed by atoms with Crippen molar-refractivity contribution < 1.29 is 0 Å². The molecule has 2 nitrogen and oxygen atoms in total. The molecular weight excluding hydrogens is 264 g/mol. The van der Waals surface area contributed by atoms with Crippen molar-refractivity contribution in [3.63, 3.8) is 0 Å². The number of para-hydroxylation sites is 2. The molecule has 0 bridgehead atoms. The minimum atomic E-state index is 0.920. The Morgan fingerprint density at radius 3 is 2.60 bits per heavy atom. The van der Waals surface area contributed by atoms with E-state index in [9.17, 15) is 0 Å². The predicted molar refractivity (Wildman–Crippen MR) is 88.9 cm³/mol. The van der Waals surface area contributed by atoms with Gasteiger partial charge in [-0.2, -0.15) is 0 Å². The van der Waals surface area contributed by atoms with E-state index in [0.29, 0.717) is 0 Å². The molecular formula is C17H22N2S. The topological polar surface area (TPSA) is 15.3 Å². The van der Waals surface area contributed by atoms with Crippen molar-refractivity contribution in [3.05, 3.63) is 46.2 Å². The highest BCUT2D eigenvalue weighted by Gasteiger charge is 2.13. The lowest BCUT2D eigenvalue weighted by molar-refractivity contribution is 0.578. The summed E-state index contributed by atoms with van der Waals surface area (Å²) in [4.78, 5) is 5.30. The number of piperidine rings is 1. The highest BCUT2D eigenvalue weighted by atomic mass is 32.1. The average Bonchev–Trinajstić information content (AvgIpc) is 2.92. The summed E-state index contributed by atoms with van der Waals surface area (Å²) in [5.74, 6) is 0. The van der Waals surface area contributed by atoms with Crippen LogP contribution >= 0.6 is 11.3 Å². The van der Waals surface area contributed by atoms with E-state index in [1.165, 1.54) is 53.5 Å². The second kappa shape index (κ2) is 6.31. The first-order chi connectivity index (χ1) is 9.83. The van der Waals surface area contributed by atoms with E-state index in [1.807, 2.05) is 11.3 Å². The number of hydrogen-bond donors (Lipinski definition) is 1. The molecule has 0 radical (unpaired) electrons. The fourth-order valence-corrected chi connectivity index (χ4v) is 3.63. The number of aryl methyl sites for hydroxylation is 1. The van der Waals surface area contributed by atoms with Crippen LogP contribution < -0.4 is 10.2 Å². The van der Waals surface area contributed by atoms with Crippen molar-refractivity contribution in [1.29, 1.82) is 0 Å². The molecule has 2 heterocycles. The third-order valence-corrected chi connectivity index (χ3v) is 4.85. The van der Waals surface area contributed by atoms with Gasteiger partial charge in [-0.1, -0.05) is 12.1 Å². The molecule has 3 rings (SSSR count). The molecule has 0 saturated carbocycles. The Bertz CT molecular complexity index is 556. The Morgan fingerprint density at radius 2 is 1.85 bits per heavy atom. The standard InChI is InChI=1S/C17H22N2S/c1-14-9-10-15(20-14)13-18-16-7-3-4-8-17(16)19-11-5-2-6-12-19/h3-4,7-10,18H,2,5-6,11-13H2,1H3. The molecule has 1 aliphatic heterocycles. The quantitative estimate of drug-likeness (QED) is 0.879. The predicted octanol–water partition coefficient (Wildman–Crippen LogP) is 4.66. The summed E-state index contributed by atoms with van der Waals surface area (Å²) >= 11 is 1.87. The molecule has 0 atom stereocenters. The number of rotatable bonds is 4. The van der Waals surface area contributed by atoms with Crippen LogP contribution in [0.1, 0.15) is 29.0 Å². The van der Waals surface area contributed by atoms with E-state index in [4.69, 9.17) is 0 Å². The summed E-state index contributed by atoms with van der Waals surface area (Å²) in [6, 6.07) is 13.1. The Kier molecular flexibility index (Phi) is 4.26. The number of nitrogens with one attached hydrogen (secondary N) is 1. The Labute approximate surface area is 125 Å². The molecule has 1 aromatic heterocycles. The lowest BCUT2D eigenvalue weighted by atomic mass is 10.1. The van der Waals surface area contributed by atoms with E-state index in [2.05, 4.69) is 53.5 Å². The van der Waals surface area contributed by atoms with Gasteiger partial charge < -0.3 is 10.2 Å². The SMILES string of the molecule is Cc1ccc(CNc2ccccc2N2CCCCC2)s1. The zero-order valence-corrected chi connectivity index (χ0v) is 12.9. The zero-order valence-electron chi connectivity index (χ0n) is 12.1. The number of hydrogen-bond acceptors (Lipinski definition) is 3. The maximum atomic E-state index is 3.61. The summed E-state index contributed by atoms with van der Waals surface area (Å²) in [7, 11) is 0. The highest BCUT2D eigenvalue weighted by molar-refractivity contribution is 7.11. The zero-order chi connectivity index (χ0) is 13.8. The van der Waals surface area contributed by atoms with Crippen LogP contribution in [0.15, 0.2) is 36.4 Å². The van der Waals surface area contributed by atoms with Crippen LogP contribution in [-0.2, 0) is 6.54 Å². The Hall–Kier alpha value is -1.48. The second-order valence-corrected chi connectivity index (χ2v) is 6.80. The van der Waals surface area contributed by atoms with Gasteiger partial charge >= 0.3 is 0 Å². The summed E-state index contributed by atoms with van der Waals surface area (Å²) in [5, 5.41) is 3.61. The highest BCUT2D eigenvalue weighted by Crippen LogP contribution is 2.29. The lowest BCUT2D eigenvalue weighted by Crippen LogP contribution is -2.30. The first-order valence-corrected chi connectivity index (χ1v) is 8.28. The maximum absolute atomic E-state index is 3.61. The van der Waals surface area contributed by atoms with E-state index in [0.717, 1.165) is 6.54 Å². The van der Waals surface area contributed by atoms with E-state index in [1.54, 1.807) is 0 Å². The summed E-state index contributed by atoms with van der Waals surface area (Å²) < 4.78 is 0. The third kappa shape index (κ3) is 3.15. The molecule has 1 saturated heterocycles. The van der Waals surface area contributed by atoms with Crippen LogP contribution in [0.4, 0.5) is 11.4 Å². The molecule has 1 N–H and O–H groups in total. The molecule has 3 heteroatoms. The van der Waals surface area contributed by atoms with Crippen molar-refractivity contribution in [2.45, 2.75) is 32.7 Å². The van der Waals surface area contributed by atoms with Crippen LogP contribution in [0.3, 0.4) is 0 Å². The van der Waals surface area contributed by atoms with Gasteiger partial charge in [0.1, 0.15) is 0 Å². The fourth-order valence-electron chi connectivity index (χ4n) is 2.80. The van der Waals surface area contributed by atoms with Gasteiger partial charge in [0.2, 0.25) is 0 Å². The summed E-state index contributed by atoms with van der Waals surface area (Å²) in [6.07, 6.45) is 4.01. The average molecular weight is 286 g/mol. The molecule has 0 amide bonds. The molecule has 0 spiro atoms. The van der Waals surface area contributed by atoms with Crippen LogP contribution in [-0.4, -0.2) is 13.1 Å². The van der Waals surface area contributed by atoms with Crippen molar-refractivity contribution >= 4 is 22.7 Å². The van der Waals surface area contributed by atoms with Gasteiger partial charge in [-0.15, -0.1) is 11.3 Å². The first-order valence-electron chi connectivity index (χ1n) is 7.46. The third-order valence-electron chi connectivity index (χ3n) is 3.85. The van der Waals surface area contributed by atoms with Crippen LogP contribution in [0, 0.1) is 6.92 Å². The smallest absolute Gasteiger partial charge is 0.0602 e. The van der Waals surface area contributed by atoms with E-state index < -0.39 is 0 Å². The molecule has 1 aromatic carbocycles. The number of thiophene rings is 1. The number of benzene rings is 1. The van der Waals surface area contributed by atoms with Gasteiger partial charge in [0.05, 0.1) is 11.4 Å². The molecule has 0 aliphatic carbocycles.